The molecule has 0 bridgehead atoms. The molecule has 3 N–H and O–H groups in total. The molecular formula is C12H18N4O3S. The Labute approximate surface area is 118 Å². The number of pyridine rings is 1. The van der Waals surface area contributed by atoms with Crippen LogP contribution in [-0.2, 0) is 10.0 Å². The zero-order valence-electron chi connectivity index (χ0n) is 11.4. The summed E-state index contributed by atoms with van der Waals surface area (Å²) in [5.74, 6) is 0. The van der Waals surface area contributed by atoms with Gasteiger partial charge < -0.3 is 10.6 Å². The van der Waals surface area contributed by atoms with E-state index < -0.39 is 16.1 Å². The van der Waals surface area contributed by atoms with E-state index in [1.54, 1.807) is 19.9 Å². The van der Waals surface area contributed by atoms with E-state index in [1.165, 1.54) is 18.5 Å². The summed E-state index contributed by atoms with van der Waals surface area (Å²) in [7, 11) is -3.99. The van der Waals surface area contributed by atoms with Crippen LogP contribution in [0.5, 0.6) is 0 Å². The third-order valence-corrected chi connectivity index (χ3v) is 3.52. The van der Waals surface area contributed by atoms with Gasteiger partial charge in [0, 0.05) is 25.0 Å². The largest absolute Gasteiger partial charge is 0.380 e. The van der Waals surface area contributed by atoms with Crippen LogP contribution in [0.4, 0.5) is 10.5 Å². The highest BCUT2D eigenvalue weighted by Crippen LogP contribution is 2.18. The van der Waals surface area contributed by atoms with Crippen molar-refractivity contribution in [3.05, 3.63) is 31.1 Å². The standard InChI is InChI=1S/C12H18N4O3S/c1-4-6-14-10-5-7-13-8-11(10)20(18,19)16-12(17)15-9(2)3/h4-5,7-9H,1,6H2,2-3H3,(H,13,14)(H2,15,16,17). The van der Waals surface area contributed by atoms with E-state index in [2.05, 4.69) is 22.2 Å². The Morgan fingerprint density at radius 1 is 1.50 bits per heavy atom. The van der Waals surface area contributed by atoms with Crippen molar-refractivity contribution in [3.63, 3.8) is 0 Å². The number of amides is 2. The fourth-order valence-electron chi connectivity index (χ4n) is 1.39. The van der Waals surface area contributed by atoms with E-state index in [-0.39, 0.29) is 10.9 Å². The number of hydrogen-bond donors (Lipinski definition) is 3. The molecule has 8 heteroatoms. The van der Waals surface area contributed by atoms with Crippen LogP contribution in [0.3, 0.4) is 0 Å². The van der Waals surface area contributed by atoms with E-state index in [0.29, 0.717) is 12.2 Å². The second kappa shape index (κ2) is 6.90. The summed E-state index contributed by atoms with van der Waals surface area (Å²) in [5, 5.41) is 5.32. The number of carbonyl (C=O) groups excluding carboxylic acids is 1. The lowest BCUT2D eigenvalue weighted by Gasteiger charge is -2.13. The first-order valence-electron chi connectivity index (χ1n) is 5.99. The van der Waals surface area contributed by atoms with Crippen molar-refractivity contribution in [2.75, 3.05) is 11.9 Å². The quantitative estimate of drug-likeness (QED) is 0.682. The molecule has 0 unspecified atom stereocenters. The van der Waals surface area contributed by atoms with Crippen LogP contribution in [0.2, 0.25) is 0 Å². The van der Waals surface area contributed by atoms with Crippen molar-refractivity contribution >= 4 is 21.7 Å². The monoisotopic (exact) mass is 298 g/mol. The van der Waals surface area contributed by atoms with Crippen LogP contribution in [0, 0.1) is 0 Å². The topological polar surface area (TPSA) is 100 Å². The summed E-state index contributed by atoms with van der Waals surface area (Å²) in [6, 6.07) is 0.564. The first-order chi connectivity index (χ1) is 9.36. The molecule has 1 heterocycles. The van der Waals surface area contributed by atoms with Crippen LogP contribution >= 0.6 is 0 Å². The van der Waals surface area contributed by atoms with Crippen LogP contribution in [0.1, 0.15) is 13.8 Å². The maximum atomic E-state index is 12.1. The number of rotatable bonds is 6. The fraction of sp³-hybridized carbons (Fsp3) is 0.333. The summed E-state index contributed by atoms with van der Waals surface area (Å²) >= 11 is 0. The van der Waals surface area contributed by atoms with Crippen molar-refractivity contribution in [1.29, 1.82) is 0 Å². The smallest absolute Gasteiger partial charge is 0.328 e. The molecule has 1 aromatic rings. The van der Waals surface area contributed by atoms with Gasteiger partial charge in [0.1, 0.15) is 4.90 Å². The van der Waals surface area contributed by atoms with Crippen molar-refractivity contribution in [2.45, 2.75) is 24.8 Å². The van der Waals surface area contributed by atoms with Gasteiger partial charge in [-0.3, -0.25) is 4.98 Å². The van der Waals surface area contributed by atoms with Gasteiger partial charge in [0.05, 0.1) is 5.69 Å². The number of nitrogens with zero attached hydrogens (tertiary/aromatic N) is 1. The van der Waals surface area contributed by atoms with Crippen molar-refractivity contribution in [2.24, 2.45) is 0 Å². The number of nitrogens with one attached hydrogen (secondary N) is 3. The average molecular weight is 298 g/mol. The van der Waals surface area contributed by atoms with Crippen LogP contribution < -0.4 is 15.4 Å². The minimum atomic E-state index is -3.99. The number of hydrogen-bond acceptors (Lipinski definition) is 5. The molecule has 0 radical (unpaired) electrons. The Balaban J connectivity index is 2.97. The molecule has 1 aromatic heterocycles. The lowest BCUT2D eigenvalue weighted by atomic mass is 10.4. The van der Waals surface area contributed by atoms with E-state index in [9.17, 15) is 13.2 Å². The Morgan fingerprint density at radius 2 is 2.20 bits per heavy atom. The Morgan fingerprint density at radius 3 is 2.80 bits per heavy atom. The second-order valence-electron chi connectivity index (χ2n) is 4.28. The molecule has 0 saturated carbocycles. The molecule has 0 saturated heterocycles. The zero-order chi connectivity index (χ0) is 15.2. The van der Waals surface area contributed by atoms with Gasteiger partial charge in [-0.15, -0.1) is 6.58 Å². The van der Waals surface area contributed by atoms with Gasteiger partial charge in [-0.25, -0.2) is 17.9 Å². The molecule has 0 fully saturated rings. The van der Waals surface area contributed by atoms with E-state index in [1.807, 2.05) is 4.72 Å². The number of anilines is 1. The summed E-state index contributed by atoms with van der Waals surface area (Å²) < 4.78 is 26.2. The van der Waals surface area contributed by atoms with Crippen LogP contribution in [-0.4, -0.2) is 32.0 Å². The molecule has 20 heavy (non-hydrogen) atoms. The molecule has 0 aliphatic heterocycles. The van der Waals surface area contributed by atoms with Gasteiger partial charge in [-0.1, -0.05) is 6.08 Å². The van der Waals surface area contributed by atoms with Gasteiger partial charge >= 0.3 is 6.03 Å². The lowest BCUT2D eigenvalue weighted by molar-refractivity contribution is 0.243. The van der Waals surface area contributed by atoms with E-state index in [0.717, 1.165) is 0 Å². The highest BCUT2D eigenvalue weighted by Gasteiger charge is 2.21. The molecule has 1 rings (SSSR count). The highest BCUT2D eigenvalue weighted by atomic mass is 32.2. The first kappa shape index (κ1) is 16.0. The van der Waals surface area contributed by atoms with E-state index in [4.69, 9.17) is 0 Å². The number of urea groups is 1. The van der Waals surface area contributed by atoms with Crippen molar-refractivity contribution < 1.29 is 13.2 Å². The minimum absolute atomic E-state index is 0.0965. The normalized spacial score (nSPS) is 10.9. The molecule has 0 spiro atoms. The molecule has 0 aliphatic carbocycles. The molecule has 0 aliphatic rings. The Hall–Kier alpha value is -2.09. The SMILES string of the molecule is C=CCNc1ccncc1S(=O)(=O)NC(=O)NC(C)C. The van der Waals surface area contributed by atoms with E-state index >= 15 is 0 Å². The molecule has 0 atom stereocenters. The van der Waals surface area contributed by atoms with Crippen molar-refractivity contribution in [3.8, 4) is 0 Å². The molecule has 0 aromatic carbocycles. The third kappa shape index (κ3) is 4.54. The predicted molar refractivity (Wildman–Crippen MR) is 76.9 cm³/mol. The highest BCUT2D eigenvalue weighted by molar-refractivity contribution is 7.90. The summed E-state index contributed by atoms with van der Waals surface area (Å²) in [4.78, 5) is 15.2. The molecule has 110 valence electrons. The lowest BCUT2D eigenvalue weighted by Crippen LogP contribution is -2.42. The fourth-order valence-corrected chi connectivity index (χ4v) is 2.43. The average Bonchev–Trinajstić information content (AvgIpc) is 2.34. The molecular weight excluding hydrogens is 280 g/mol. The third-order valence-electron chi connectivity index (χ3n) is 2.16. The van der Waals surface area contributed by atoms with Crippen molar-refractivity contribution in [1.82, 2.24) is 15.0 Å². The summed E-state index contributed by atoms with van der Waals surface area (Å²) in [5.41, 5.74) is 0.352. The molecule has 7 nitrogen and oxygen atoms in total. The van der Waals surface area contributed by atoms with Gasteiger partial charge in [0.15, 0.2) is 0 Å². The Kier molecular flexibility index (Phi) is 5.51. The van der Waals surface area contributed by atoms with Gasteiger partial charge in [-0.2, -0.15) is 0 Å². The maximum Gasteiger partial charge on any atom is 0.328 e. The van der Waals surface area contributed by atoms with Crippen LogP contribution in [0.15, 0.2) is 36.0 Å². The Bertz CT molecular complexity index is 584. The van der Waals surface area contributed by atoms with Gasteiger partial charge in [0.2, 0.25) is 0 Å². The number of aromatic nitrogens is 1. The van der Waals surface area contributed by atoms with Crippen LogP contribution in [0.25, 0.3) is 0 Å². The van der Waals surface area contributed by atoms with Gasteiger partial charge in [0.25, 0.3) is 10.0 Å². The molecule has 2 amide bonds. The number of carbonyl (C=O) groups is 1. The predicted octanol–water partition coefficient (Wildman–Crippen LogP) is 1.08. The number of sulfonamides is 1. The summed E-state index contributed by atoms with van der Waals surface area (Å²) in [6.45, 7) is 7.39. The maximum absolute atomic E-state index is 12.1. The van der Waals surface area contributed by atoms with Gasteiger partial charge in [-0.05, 0) is 19.9 Å². The first-order valence-corrected chi connectivity index (χ1v) is 7.47. The minimum Gasteiger partial charge on any atom is -0.380 e. The summed E-state index contributed by atoms with van der Waals surface area (Å²) in [6.07, 6.45) is 4.23. The second-order valence-corrected chi connectivity index (χ2v) is 5.93. The zero-order valence-corrected chi connectivity index (χ0v) is 12.2.